The van der Waals surface area contributed by atoms with Crippen LogP contribution in [0.15, 0.2) is 276 Å². The third-order valence-corrected chi connectivity index (χ3v) is 26.3. The van der Waals surface area contributed by atoms with Gasteiger partial charge in [0.2, 0.25) is 20.0 Å². The zero-order valence-electron chi connectivity index (χ0n) is 83.6. The van der Waals surface area contributed by atoms with Gasteiger partial charge in [-0.2, -0.15) is 23.4 Å². The second-order valence-electron chi connectivity index (χ2n) is 31.3. The minimum Gasteiger partial charge on any atom is -0.388 e. The number of carbonyl (C=O) groups is 3. The lowest BCUT2D eigenvalue weighted by Gasteiger charge is -2.29. The average Bonchev–Trinajstić information content (AvgIpc) is 1.67. The molecular formula is C101H136F3N27O8S3. The molecule has 1 unspecified atom stereocenters. The highest BCUT2D eigenvalue weighted by Crippen LogP contribution is 2.33. The van der Waals surface area contributed by atoms with Gasteiger partial charge < -0.3 is 78.2 Å². The van der Waals surface area contributed by atoms with E-state index in [9.17, 15) is 48.6 Å². The highest BCUT2D eigenvalue weighted by molar-refractivity contribution is 7.98. The van der Waals surface area contributed by atoms with Gasteiger partial charge >= 0.3 is 18.2 Å². The summed E-state index contributed by atoms with van der Waals surface area (Å²) in [4.78, 5) is 47.5. The number of H-pyrrole nitrogens is 1. The maximum atomic E-state index is 12.5. The summed E-state index contributed by atoms with van der Waals surface area (Å²) in [5.41, 5.74) is 15.8. The number of likely N-dealkylation sites (N-methyl/N-ethyl adjacent to an activating group) is 1. The van der Waals surface area contributed by atoms with E-state index in [0.29, 0.717) is 19.6 Å². The van der Waals surface area contributed by atoms with E-state index in [1.165, 1.54) is 70.2 Å². The van der Waals surface area contributed by atoms with Crippen molar-refractivity contribution in [3.05, 3.63) is 273 Å². The quantitative estimate of drug-likeness (QED) is 0.0224. The summed E-state index contributed by atoms with van der Waals surface area (Å²) in [6.45, 7) is 12.3. The highest BCUT2D eigenvalue weighted by Gasteiger charge is 2.32. The number of anilines is 13. The van der Waals surface area contributed by atoms with Gasteiger partial charge in [-0.05, 0) is 195 Å². The number of halogens is 3. The van der Waals surface area contributed by atoms with Crippen LogP contribution in [-0.4, -0.2) is 233 Å². The van der Waals surface area contributed by atoms with Gasteiger partial charge in [-0.25, -0.2) is 49.8 Å². The third kappa shape index (κ3) is 36.4. The van der Waals surface area contributed by atoms with E-state index >= 15 is 0 Å². The molecule has 3 aromatic heterocycles. The number of urea groups is 2. The summed E-state index contributed by atoms with van der Waals surface area (Å²) in [7, 11) is 16.3. The number of benzene rings is 10. The van der Waals surface area contributed by atoms with E-state index in [-0.39, 0.29) is 33.1 Å². The fourth-order valence-corrected chi connectivity index (χ4v) is 17.2. The molecule has 13 aromatic rings. The van der Waals surface area contributed by atoms with Crippen LogP contribution in [0.3, 0.4) is 0 Å². The zero-order chi connectivity index (χ0) is 104. The van der Waals surface area contributed by atoms with Gasteiger partial charge in [0.15, 0.2) is 11.6 Å². The van der Waals surface area contributed by atoms with Crippen LogP contribution >= 0.6 is 0 Å². The number of alkyl halides is 3. The Hall–Kier alpha value is -14.9. The van der Waals surface area contributed by atoms with E-state index in [1.807, 2.05) is 240 Å². The van der Waals surface area contributed by atoms with Gasteiger partial charge in [0.25, 0.3) is 5.91 Å². The molecule has 16 N–H and O–H groups in total. The van der Waals surface area contributed by atoms with Crippen LogP contribution in [0.5, 0.6) is 0 Å². The monoisotopic (exact) mass is 2010 g/mol. The van der Waals surface area contributed by atoms with Crippen molar-refractivity contribution in [3.8, 4) is 34.0 Å². The molecule has 3 fully saturated rings. The minimum atomic E-state index is -4.46. The molecule has 5 amide bonds. The number of carbonyl (C=O) groups excluding carboxylic acids is 3. The molecule has 0 spiro atoms. The van der Waals surface area contributed by atoms with Crippen LogP contribution < -0.4 is 92.7 Å². The lowest BCUT2D eigenvalue weighted by atomic mass is 10.1. The third-order valence-electron chi connectivity index (χ3n) is 21.4. The normalized spacial score (nSPS) is 12.7. The first-order chi connectivity index (χ1) is 68.1. The summed E-state index contributed by atoms with van der Waals surface area (Å²) < 4.78 is 107. The number of nitrogens with one attached hydrogen (secondary N) is 16. The molecular weight excluding hydrogens is 1870 g/mol. The van der Waals surface area contributed by atoms with Crippen molar-refractivity contribution in [2.24, 2.45) is 14.1 Å². The van der Waals surface area contributed by atoms with Crippen LogP contribution in [0.4, 0.5) is 96.7 Å². The lowest BCUT2D eigenvalue weighted by Crippen LogP contribution is -2.29. The lowest BCUT2D eigenvalue weighted by molar-refractivity contribution is -0.137. The Morgan fingerprint density at radius 1 is 0.444 bits per heavy atom. The van der Waals surface area contributed by atoms with Gasteiger partial charge in [-0.1, -0.05) is 93.6 Å². The molecule has 3 aliphatic rings. The number of piperidine rings is 1. The smallest absolute Gasteiger partial charge is 0.388 e. The van der Waals surface area contributed by atoms with Crippen molar-refractivity contribution >= 4 is 128 Å². The van der Waals surface area contributed by atoms with Crippen molar-refractivity contribution in [2.75, 3.05) is 211 Å². The van der Waals surface area contributed by atoms with Crippen LogP contribution in [-0.2, 0) is 50.0 Å². The molecule has 0 saturated carbocycles. The summed E-state index contributed by atoms with van der Waals surface area (Å²) in [5.74, 6) is 4.81. The van der Waals surface area contributed by atoms with Crippen molar-refractivity contribution in [1.29, 1.82) is 0 Å². The predicted molar refractivity (Wildman–Crippen MR) is 577 cm³/mol. The van der Waals surface area contributed by atoms with Crippen molar-refractivity contribution in [3.63, 3.8) is 0 Å². The first kappa shape index (κ1) is 114. The Labute approximate surface area is 833 Å². The van der Waals surface area contributed by atoms with Gasteiger partial charge in [-0.3, -0.25) is 24.4 Å². The molecule has 142 heavy (non-hydrogen) atoms. The van der Waals surface area contributed by atoms with Crippen LogP contribution in [0, 0.1) is 0 Å². The Morgan fingerprint density at radius 2 is 0.866 bits per heavy atom. The number of amides is 5. The van der Waals surface area contributed by atoms with Crippen molar-refractivity contribution in [2.45, 2.75) is 60.9 Å². The standard InChI is InChI=1S/C12H18N2.C11H15N3O.C11H13N3.C10H11F3N2O.C10H12N4.C10H13N3O.C10H16N2OS.C9H10N4.2C9H14N2O2S/c1-13-11-6-5-7-12(10-11)14-8-3-2-4-9-14;1-12-9-4-3-5-10(8-9)14-7-6-13(2)11(14)15;1-12-10-5-3-4-9(8-10)11-6-7-14(2)13-11;1-14-8-4-6(9(16)15-2)3-7(5-8)10(11,12)13;1-11-9-5-3-4-8(6-9)10-13-12-7-14(10)2;1-11-8-3-2-4-9(7-8)13-6-5-12-10(13)14;1-4-12-14(3,13)10-7-5-6-9(8-10)11-2;1-10-8-4-2-3-7(5-8)9-11-6-12-13-9;2*1-3-11-14(12,13)9-6-4-5-8(7-9)10-2/h5-7,10,13H,2-4,8-9H2,1H3;3-5,8,12H,6-7H2,1-2H3;3-8,12H,1-2H3;3-5,14H,1-2H3,(H,15,16);3-7,11H,1-2H3;2-4,7,11H,5-6H2,1H3,(H,12,14);5-8,11H,3-4H2,1-2H3,(H,12,13);2-6,10H,1H3,(H,11,12,13);2*4-7,10-11H,3H2,1-2H3. The van der Waals surface area contributed by atoms with Gasteiger partial charge in [0.05, 0.1) is 30.8 Å². The average molecular weight is 2010 g/mol. The SMILES string of the molecule is C=S(=O)(NCC)c1cccc(NC)c1.CCNS(=O)(=O)c1cccc(NC)c1.CCNS(=O)(=O)c1cccc(NC)c1.CNC(=O)c1cc(NC)cc(C(F)(F)F)c1.CNc1cccc(-c2ccn(C)n2)c1.CNc1cccc(-c2ncn[nH]2)c1.CNc1cccc(-c2nncn2C)c1.CNc1cccc(N2CCCCC2)c1.CNc1cccc(N2CCN(C)C2=O)c1.CNc1cccc(N2CCNC2=O)c1. The number of sulfonamides is 2. The fraction of sp³-hybridized carbons (Fsp3) is 0.297. The van der Waals surface area contributed by atoms with E-state index in [2.05, 4.69) is 156 Å². The molecule has 1 atom stereocenters. The molecule has 3 saturated heterocycles. The number of aryl methyl sites for hydroxylation is 2. The van der Waals surface area contributed by atoms with Crippen LogP contribution in [0.25, 0.3) is 34.0 Å². The Morgan fingerprint density at radius 3 is 1.28 bits per heavy atom. The maximum absolute atomic E-state index is 12.5. The number of hydrogen-bond donors (Lipinski definition) is 16. The number of aromatic nitrogens is 8. The van der Waals surface area contributed by atoms with Crippen molar-refractivity contribution in [1.82, 2.24) is 69.4 Å². The van der Waals surface area contributed by atoms with E-state index in [4.69, 9.17) is 0 Å². The molecule has 0 radical (unpaired) electrons. The topological polar surface area (TPSA) is 420 Å². The molecule has 41 heteroatoms. The largest absolute Gasteiger partial charge is 0.416 e. The first-order valence-electron chi connectivity index (χ1n) is 45.9. The molecule has 3 aliphatic heterocycles. The summed E-state index contributed by atoms with van der Waals surface area (Å²) in [6, 6.07) is 74.6. The van der Waals surface area contributed by atoms with E-state index in [1.54, 1.807) is 90.0 Å². The highest BCUT2D eigenvalue weighted by atomic mass is 32.2. The Bertz CT molecular complexity index is 6240. The second-order valence-corrected chi connectivity index (χ2v) is 36.9. The summed E-state index contributed by atoms with van der Waals surface area (Å²) in [5, 5.41) is 53.8. The number of hydrogen-bond acceptors (Lipinski definition) is 24. The molecule has 35 nitrogen and oxygen atoms in total. The zero-order valence-corrected chi connectivity index (χ0v) is 86.0. The summed E-state index contributed by atoms with van der Waals surface area (Å²) in [6.07, 6.45) is 4.75. The Kier molecular flexibility index (Phi) is 46.8. The fourth-order valence-electron chi connectivity index (χ4n) is 13.8. The summed E-state index contributed by atoms with van der Waals surface area (Å²) >= 11 is 0. The number of aromatic amines is 1. The van der Waals surface area contributed by atoms with Crippen LogP contribution in [0.2, 0.25) is 0 Å². The Balaban J connectivity index is 0.000000214. The molecule has 6 heterocycles. The predicted octanol–water partition coefficient (Wildman–Crippen LogP) is 16.2. The van der Waals surface area contributed by atoms with Gasteiger partial charge in [0.1, 0.15) is 12.7 Å². The first-order valence-corrected chi connectivity index (χ1v) is 50.6. The van der Waals surface area contributed by atoms with Gasteiger partial charge in [0, 0.05) is 265 Å². The molecule has 762 valence electrons. The number of rotatable bonds is 26. The number of nitrogens with zero attached hydrogens (tertiary/aromatic N) is 11. The molecule has 16 rings (SSSR count). The maximum Gasteiger partial charge on any atom is 0.416 e. The van der Waals surface area contributed by atoms with E-state index < -0.39 is 47.4 Å². The van der Waals surface area contributed by atoms with E-state index in [0.717, 1.165) is 134 Å². The second kappa shape index (κ2) is 58.2. The van der Waals surface area contributed by atoms with Crippen molar-refractivity contribution < 1.29 is 48.6 Å². The molecule has 0 aliphatic carbocycles. The molecule has 10 aromatic carbocycles. The minimum absolute atomic E-state index is 0.0155. The van der Waals surface area contributed by atoms with Crippen LogP contribution in [0.1, 0.15) is 56.0 Å². The van der Waals surface area contributed by atoms with Gasteiger partial charge in [-0.15, -0.1) is 10.2 Å². The molecule has 0 bridgehead atoms.